The molecule has 0 aliphatic heterocycles. The fraction of sp³-hybridized carbons (Fsp3) is 0.400. The lowest BCUT2D eigenvalue weighted by atomic mass is 10.1. The van der Waals surface area contributed by atoms with Crippen molar-refractivity contribution in [2.45, 2.75) is 27.7 Å². The molecule has 1 aromatic carbocycles. The van der Waals surface area contributed by atoms with E-state index in [0.29, 0.717) is 24.2 Å². The molecule has 0 N–H and O–H groups in total. The van der Waals surface area contributed by atoms with Crippen LogP contribution in [-0.4, -0.2) is 38.2 Å². The van der Waals surface area contributed by atoms with Crippen LogP contribution in [0.1, 0.15) is 25.0 Å². The second-order valence-corrected chi connectivity index (χ2v) is 6.17. The van der Waals surface area contributed by atoms with Gasteiger partial charge in [-0.3, -0.25) is 0 Å². The molecule has 0 radical (unpaired) electrons. The van der Waals surface area contributed by atoms with Gasteiger partial charge in [0.05, 0.1) is 13.1 Å². The average molecular weight is 345 g/mol. The van der Waals surface area contributed by atoms with Crippen LogP contribution < -0.4 is 4.90 Å². The number of carbonyl (C=O) groups is 2. The Morgan fingerprint density at radius 2 is 1.28 bits per heavy atom. The molecule has 1 aromatic rings. The molecule has 0 saturated heterocycles. The van der Waals surface area contributed by atoms with Crippen LogP contribution in [-0.2, 0) is 19.1 Å². The third-order valence-electron chi connectivity index (χ3n) is 3.46. The van der Waals surface area contributed by atoms with Gasteiger partial charge in [-0.05, 0) is 51.0 Å². The highest BCUT2D eigenvalue weighted by molar-refractivity contribution is 5.87. The summed E-state index contributed by atoms with van der Waals surface area (Å²) in [5, 5.41) is 0. The van der Waals surface area contributed by atoms with E-state index < -0.39 is 11.9 Å². The van der Waals surface area contributed by atoms with Crippen molar-refractivity contribution in [2.75, 3.05) is 31.2 Å². The smallest absolute Gasteiger partial charge is 0.333 e. The molecule has 0 fully saturated rings. The Hall–Kier alpha value is -2.56. The Morgan fingerprint density at radius 1 is 0.880 bits per heavy atom. The lowest BCUT2D eigenvalue weighted by Crippen LogP contribution is -2.32. The van der Waals surface area contributed by atoms with Crippen molar-refractivity contribution >= 4 is 17.6 Å². The molecule has 0 saturated carbocycles. The number of nitrogens with zero attached hydrogens (tertiary/aromatic N) is 1. The largest absolute Gasteiger partial charge is 0.460 e. The van der Waals surface area contributed by atoms with Crippen molar-refractivity contribution in [2.24, 2.45) is 0 Å². The third kappa shape index (κ3) is 7.25. The predicted molar refractivity (Wildman–Crippen MR) is 99.7 cm³/mol. The average Bonchev–Trinajstić information content (AvgIpc) is 2.51. The molecule has 0 atom stereocenters. The Bertz CT molecular complexity index is 611. The normalized spacial score (nSPS) is 10.1. The second kappa shape index (κ2) is 9.67. The molecule has 0 heterocycles. The number of esters is 2. The van der Waals surface area contributed by atoms with Gasteiger partial charge >= 0.3 is 11.9 Å². The second-order valence-electron chi connectivity index (χ2n) is 6.17. The summed E-state index contributed by atoms with van der Waals surface area (Å²) in [7, 11) is 0. The summed E-state index contributed by atoms with van der Waals surface area (Å²) in [6.45, 7) is 15.8. The van der Waals surface area contributed by atoms with Crippen molar-refractivity contribution in [3.8, 4) is 0 Å². The number of anilines is 1. The SMILES string of the molecule is C=C(C)C(=O)OCCN(CCOC(=O)C(=C)C)c1cc(C)cc(C)c1. The predicted octanol–water partition coefficient (Wildman–Crippen LogP) is 3.35. The van der Waals surface area contributed by atoms with Crippen LogP contribution >= 0.6 is 0 Å². The van der Waals surface area contributed by atoms with Crippen LogP contribution in [0.3, 0.4) is 0 Å². The number of ether oxygens (including phenoxy) is 2. The highest BCUT2D eigenvalue weighted by Gasteiger charge is 2.11. The number of rotatable bonds is 9. The zero-order valence-electron chi connectivity index (χ0n) is 15.6. The molecule has 5 nitrogen and oxygen atoms in total. The van der Waals surface area contributed by atoms with Gasteiger partial charge in [0.2, 0.25) is 0 Å². The van der Waals surface area contributed by atoms with Crippen molar-refractivity contribution in [1.82, 2.24) is 0 Å². The number of benzene rings is 1. The Kier molecular flexibility index (Phi) is 7.92. The van der Waals surface area contributed by atoms with E-state index in [1.165, 1.54) is 0 Å². The van der Waals surface area contributed by atoms with Gasteiger partial charge in [0.15, 0.2) is 0 Å². The molecule has 25 heavy (non-hydrogen) atoms. The lowest BCUT2D eigenvalue weighted by Gasteiger charge is -2.25. The van der Waals surface area contributed by atoms with Crippen LogP contribution in [0.4, 0.5) is 5.69 Å². The third-order valence-corrected chi connectivity index (χ3v) is 3.46. The maximum absolute atomic E-state index is 11.5. The van der Waals surface area contributed by atoms with Gasteiger partial charge in [0.25, 0.3) is 0 Å². The summed E-state index contributed by atoms with van der Waals surface area (Å²) in [5.74, 6) is -0.817. The summed E-state index contributed by atoms with van der Waals surface area (Å²) < 4.78 is 10.4. The minimum atomic E-state index is -0.408. The van der Waals surface area contributed by atoms with Gasteiger partial charge in [-0.15, -0.1) is 0 Å². The number of hydrogen-bond donors (Lipinski definition) is 0. The zero-order valence-corrected chi connectivity index (χ0v) is 15.6. The summed E-state index contributed by atoms with van der Waals surface area (Å²) in [4.78, 5) is 25.1. The van der Waals surface area contributed by atoms with Gasteiger partial charge in [0, 0.05) is 16.8 Å². The van der Waals surface area contributed by atoms with Gasteiger partial charge < -0.3 is 14.4 Å². The van der Waals surface area contributed by atoms with E-state index in [2.05, 4.69) is 19.2 Å². The van der Waals surface area contributed by atoms with E-state index in [9.17, 15) is 9.59 Å². The van der Waals surface area contributed by atoms with Crippen molar-refractivity contribution in [3.05, 3.63) is 53.6 Å². The van der Waals surface area contributed by atoms with Crippen LogP contribution in [0.15, 0.2) is 42.5 Å². The summed E-state index contributed by atoms with van der Waals surface area (Å²) >= 11 is 0. The first-order valence-electron chi connectivity index (χ1n) is 8.19. The van der Waals surface area contributed by atoms with E-state index in [-0.39, 0.29) is 13.2 Å². The van der Waals surface area contributed by atoms with E-state index >= 15 is 0 Å². The molecule has 0 unspecified atom stereocenters. The van der Waals surface area contributed by atoms with E-state index in [1.807, 2.05) is 30.9 Å². The lowest BCUT2D eigenvalue weighted by molar-refractivity contribution is -0.139. The standard InChI is InChI=1S/C20H27NO4/c1-14(2)19(22)24-9-7-21(8-10-25-20(23)15(3)4)18-12-16(5)11-17(6)13-18/h11-13H,1,3,7-10H2,2,4-6H3. The summed E-state index contributed by atoms with van der Waals surface area (Å²) in [5.41, 5.74) is 4.01. The highest BCUT2D eigenvalue weighted by atomic mass is 16.5. The molecule has 0 amide bonds. The van der Waals surface area contributed by atoms with Crippen LogP contribution in [0, 0.1) is 13.8 Å². The summed E-state index contributed by atoms with van der Waals surface area (Å²) in [6, 6.07) is 6.19. The number of hydrogen-bond acceptors (Lipinski definition) is 5. The first-order chi connectivity index (χ1) is 11.7. The van der Waals surface area contributed by atoms with Gasteiger partial charge in [-0.1, -0.05) is 19.2 Å². The molecule has 0 aliphatic rings. The number of aryl methyl sites for hydroxylation is 2. The van der Waals surface area contributed by atoms with E-state index in [0.717, 1.165) is 16.8 Å². The quantitative estimate of drug-likeness (QED) is 0.507. The minimum Gasteiger partial charge on any atom is -0.460 e. The maximum Gasteiger partial charge on any atom is 0.333 e. The summed E-state index contributed by atoms with van der Waals surface area (Å²) in [6.07, 6.45) is 0. The Labute approximate surface area is 149 Å². The van der Waals surface area contributed by atoms with Gasteiger partial charge in [-0.25, -0.2) is 9.59 Å². The highest BCUT2D eigenvalue weighted by Crippen LogP contribution is 2.18. The van der Waals surface area contributed by atoms with Crippen molar-refractivity contribution in [1.29, 1.82) is 0 Å². The first-order valence-corrected chi connectivity index (χ1v) is 8.19. The van der Waals surface area contributed by atoms with Crippen LogP contribution in [0.2, 0.25) is 0 Å². The molecule has 136 valence electrons. The molecular formula is C20H27NO4. The van der Waals surface area contributed by atoms with Gasteiger partial charge in [0.1, 0.15) is 13.2 Å². The fourth-order valence-electron chi connectivity index (χ4n) is 2.25. The van der Waals surface area contributed by atoms with Crippen LogP contribution in [0.25, 0.3) is 0 Å². The molecule has 0 aliphatic carbocycles. The minimum absolute atomic E-state index is 0.229. The molecular weight excluding hydrogens is 318 g/mol. The van der Waals surface area contributed by atoms with Crippen LogP contribution in [0.5, 0.6) is 0 Å². The molecule has 1 rings (SSSR count). The molecule has 5 heteroatoms. The van der Waals surface area contributed by atoms with Gasteiger partial charge in [-0.2, -0.15) is 0 Å². The molecule has 0 spiro atoms. The topological polar surface area (TPSA) is 55.8 Å². The van der Waals surface area contributed by atoms with Crippen molar-refractivity contribution in [3.63, 3.8) is 0 Å². The Morgan fingerprint density at radius 3 is 1.64 bits per heavy atom. The van der Waals surface area contributed by atoms with E-state index in [1.54, 1.807) is 13.8 Å². The maximum atomic E-state index is 11.5. The molecule has 0 aromatic heterocycles. The Balaban J connectivity index is 2.75. The van der Waals surface area contributed by atoms with E-state index in [4.69, 9.17) is 9.47 Å². The fourth-order valence-corrected chi connectivity index (χ4v) is 2.25. The van der Waals surface area contributed by atoms with Crippen molar-refractivity contribution < 1.29 is 19.1 Å². The monoisotopic (exact) mass is 345 g/mol. The number of carbonyl (C=O) groups excluding carboxylic acids is 2. The molecule has 0 bridgehead atoms. The first kappa shape index (κ1) is 20.5. The zero-order chi connectivity index (χ0) is 19.0.